The van der Waals surface area contributed by atoms with Gasteiger partial charge in [0.2, 0.25) is 0 Å². The van der Waals surface area contributed by atoms with Gasteiger partial charge in [-0.15, -0.1) is 5.54 Å². The molecule has 0 aliphatic rings. The van der Waals surface area contributed by atoms with Crippen molar-refractivity contribution in [3.63, 3.8) is 0 Å². The van der Waals surface area contributed by atoms with Gasteiger partial charge < -0.3 is 5.11 Å². The third-order valence-electron chi connectivity index (χ3n) is 4.97. The van der Waals surface area contributed by atoms with Crippen LogP contribution in [0, 0.1) is 11.5 Å². The zero-order chi connectivity index (χ0) is 16.9. The molecule has 2 heteroatoms. The molecule has 0 saturated heterocycles. The van der Waals surface area contributed by atoms with Gasteiger partial charge in [-0.1, -0.05) is 66.5 Å². The molecule has 0 aliphatic carbocycles. The van der Waals surface area contributed by atoms with E-state index in [1.165, 1.54) is 0 Å². The van der Waals surface area contributed by atoms with Crippen LogP contribution in [-0.2, 0) is 0 Å². The van der Waals surface area contributed by atoms with Crippen molar-refractivity contribution in [1.29, 1.82) is 0 Å². The zero-order valence-corrected chi connectivity index (χ0v) is 16.3. The van der Waals surface area contributed by atoms with Crippen molar-refractivity contribution >= 4 is 8.07 Å². The van der Waals surface area contributed by atoms with Gasteiger partial charge in [0.15, 0.2) is 0 Å². The molecule has 0 unspecified atom stereocenters. The van der Waals surface area contributed by atoms with Crippen LogP contribution >= 0.6 is 0 Å². The number of aliphatic hydroxyl groups excluding tert-OH is 1. The summed E-state index contributed by atoms with van der Waals surface area (Å²) in [4.78, 5) is 0. The second-order valence-corrected chi connectivity index (χ2v) is 12.8. The molecular formula is C20H32OSi. The maximum absolute atomic E-state index is 9.87. The van der Waals surface area contributed by atoms with E-state index in [-0.39, 0.29) is 6.10 Å². The highest BCUT2D eigenvalue weighted by atomic mass is 28.3. The van der Waals surface area contributed by atoms with Gasteiger partial charge >= 0.3 is 0 Å². The lowest BCUT2D eigenvalue weighted by molar-refractivity contribution is 0.173. The number of rotatable bonds is 5. The van der Waals surface area contributed by atoms with Gasteiger partial charge in [0.25, 0.3) is 0 Å². The summed E-state index contributed by atoms with van der Waals surface area (Å²) in [6, 6.07) is 8.09. The van der Waals surface area contributed by atoms with Gasteiger partial charge in [-0.3, -0.25) is 0 Å². The summed E-state index contributed by atoms with van der Waals surface area (Å²) in [6.07, 6.45) is 0.382. The molecule has 1 N–H and O–H groups in total. The fourth-order valence-electron chi connectivity index (χ4n) is 3.64. The summed E-state index contributed by atoms with van der Waals surface area (Å²) in [6.45, 7) is 16.0. The maximum Gasteiger partial charge on any atom is 0.146 e. The van der Waals surface area contributed by atoms with Crippen LogP contribution in [0.15, 0.2) is 24.3 Å². The normalized spacial score (nSPS) is 13.4. The Kier molecular flexibility index (Phi) is 6.90. The molecule has 0 fully saturated rings. The standard InChI is InChI=1S/C20H32OSi/c1-8-20(21)19-11-9-18(10-12-19)13-14-22(15(2)3,16(4)5)17(6)7/h9-12,15-17,20-21H,8H2,1-7H3/t20-/m0/s1. The molecule has 122 valence electrons. The Morgan fingerprint density at radius 2 is 1.36 bits per heavy atom. The Balaban J connectivity index is 3.13. The Labute approximate surface area is 138 Å². The fraction of sp³-hybridized carbons (Fsp3) is 0.600. The number of benzene rings is 1. The molecule has 1 aromatic rings. The number of aliphatic hydroxyl groups is 1. The Morgan fingerprint density at radius 1 is 0.909 bits per heavy atom. The van der Waals surface area contributed by atoms with E-state index in [4.69, 9.17) is 0 Å². The van der Waals surface area contributed by atoms with Crippen LogP contribution in [0.2, 0.25) is 16.6 Å². The monoisotopic (exact) mass is 316 g/mol. The lowest BCUT2D eigenvalue weighted by Gasteiger charge is -2.38. The van der Waals surface area contributed by atoms with Gasteiger partial charge in [-0.2, -0.15) is 0 Å². The zero-order valence-electron chi connectivity index (χ0n) is 15.3. The van der Waals surface area contributed by atoms with E-state index in [0.717, 1.165) is 17.5 Å². The minimum absolute atomic E-state index is 0.363. The van der Waals surface area contributed by atoms with E-state index in [1.807, 2.05) is 31.2 Å². The van der Waals surface area contributed by atoms with Crippen molar-refractivity contribution in [3.8, 4) is 11.5 Å². The Morgan fingerprint density at radius 3 is 1.73 bits per heavy atom. The van der Waals surface area contributed by atoms with Gasteiger partial charge in [0.05, 0.1) is 6.10 Å². The molecule has 0 bridgehead atoms. The van der Waals surface area contributed by atoms with Crippen molar-refractivity contribution in [1.82, 2.24) is 0 Å². The average molecular weight is 317 g/mol. The van der Waals surface area contributed by atoms with Crippen LogP contribution in [-0.4, -0.2) is 13.2 Å². The quantitative estimate of drug-likeness (QED) is 0.546. The third-order valence-corrected chi connectivity index (χ3v) is 11.3. The predicted molar refractivity (Wildman–Crippen MR) is 99.6 cm³/mol. The smallest absolute Gasteiger partial charge is 0.146 e. The molecular weight excluding hydrogens is 284 g/mol. The van der Waals surface area contributed by atoms with Crippen LogP contribution in [0.4, 0.5) is 0 Å². The third kappa shape index (κ3) is 4.03. The maximum atomic E-state index is 9.87. The molecule has 1 rings (SSSR count). The summed E-state index contributed by atoms with van der Waals surface area (Å²) in [5.41, 5.74) is 7.74. The van der Waals surface area contributed by atoms with E-state index >= 15 is 0 Å². The second kappa shape index (κ2) is 7.99. The van der Waals surface area contributed by atoms with Crippen molar-refractivity contribution in [2.24, 2.45) is 0 Å². The molecule has 0 aromatic heterocycles. The number of hydrogen-bond acceptors (Lipinski definition) is 1. The molecule has 0 heterocycles. The van der Waals surface area contributed by atoms with Crippen molar-refractivity contribution in [3.05, 3.63) is 35.4 Å². The predicted octanol–water partition coefficient (Wildman–Crippen LogP) is 5.70. The van der Waals surface area contributed by atoms with E-state index in [0.29, 0.717) is 16.6 Å². The van der Waals surface area contributed by atoms with Gasteiger partial charge in [0.1, 0.15) is 8.07 Å². The highest BCUT2D eigenvalue weighted by Gasteiger charge is 2.41. The Bertz CT molecular complexity index is 495. The van der Waals surface area contributed by atoms with Crippen LogP contribution in [0.3, 0.4) is 0 Å². The summed E-state index contributed by atoms with van der Waals surface area (Å²) in [5, 5.41) is 9.87. The summed E-state index contributed by atoms with van der Waals surface area (Å²) in [5.74, 6) is 3.44. The van der Waals surface area contributed by atoms with Gasteiger partial charge in [-0.25, -0.2) is 0 Å². The molecule has 0 amide bonds. The van der Waals surface area contributed by atoms with Crippen LogP contribution in [0.1, 0.15) is 72.1 Å². The molecule has 0 spiro atoms. The first-order valence-electron chi connectivity index (χ1n) is 8.56. The molecule has 1 atom stereocenters. The minimum Gasteiger partial charge on any atom is -0.388 e. The first-order valence-corrected chi connectivity index (χ1v) is 10.8. The molecule has 22 heavy (non-hydrogen) atoms. The minimum atomic E-state index is -1.66. The van der Waals surface area contributed by atoms with Crippen molar-refractivity contribution < 1.29 is 5.11 Å². The molecule has 0 radical (unpaired) electrons. The summed E-state index contributed by atoms with van der Waals surface area (Å²) >= 11 is 0. The molecule has 1 aromatic carbocycles. The SMILES string of the molecule is CC[C@H](O)c1ccc(C#C[Si](C(C)C)(C(C)C)C(C)C)cc1. The first kappa shape index (κ1) is 19.0. The second-order valence-electron chi connectivity index (χ2n) is 7.19. The van der Waals surface area contributed by atoms with Crippen molar-refractivity contribution in [2.45, 2.75) is 77.6 Å². The van der Waals surface area contributed by atoms with Gasteiger partial charge in [-0.05, 0) is 40.7 Å². The van der Waals surface area contributed by atoms with Crippen LogP contribution in [0.25, 0.3) is 0 Å². The van der Waals surface area contributed by atoms with E-state index in [1.54, 1.807) is 0 Å². The fourth-order valence-corrected chi connectivity index (χ4v) is 8.86. The molecule has 0 saturated carbocycles. The molecule has 1 nitrogen and oxygen atoms in total. The van der Waals surface area contributed by atoms with E-state index < -0.39 is 8.07 Å². The van der Waals surface area contributed by atoms with E-state index in [9.17, 15) is 5.11 Å². The molecule has 0 aliphatic heterocycles. The number of hydrogen-bond donors (Lipinski definition) is 1. The Hall–Kier alpha value is -1.04. The highest BCUT2D eigenvalue weighted by molar-refractivity contribution is 6.90. The van der Waals surface area contributed by atoms with E-state index in [2.05, 4.69) is 53.0 Å². The van der Waals surface area contributed by atoms with Gasteiger partial charge in [0, 0.05) is 5.56 Å². The van der Waals surface area contributed by atoms with Crippen LogP contribution in [0.5, 0.6) is 0 Å². The topological polar surface area (TPSA) is 20.2 Å². The van der Waals surface area contributed by atoms with Crippen molar-refractivity contribution in [2.75, 3.05) is 0 Å². The van der Waals surface area contributed by atoms with Crippen LogP contribution < -0.4 is 0 Å². The highest BCUT2D eigenvalue weighted by Crippen LogP contribution is 2.40. The summed E-state index contributed by atoms with van der Waals surface area (Å²) in [7, 11) is -1.66. The lowest BCUT2D eigenvalue weighted by Crippen LogP contribution is -2.43. The first-order chi connectivity index (χ1) is 10.3. The average Bonchev–Trinajstić information content (AvgIpc) is 2.46. The lowest BCUT2D eigenvalue weighted by atomic mass is 10.1. The largest absolute Gasteiger partial charge is 0.388 e. The summed E-state index contributed by atoms with van der Waals surface area (Å²) < 4.78 is 0.